The summed E-state index contributed by atoms with van der Waals surface area (Å²) < 4.78 is 28.9. The molecule has 0 aliphatic carbocycles. The molecule has 8 heteroatoms. The van der Waals surface area contributed by atoms with Crippen LogP contribution >= 0.6 is 35.3 Å². The normalized spacial score (nSPS) is 12.4. The molecule has 1 unspecified atom stereocenters. The van der Waals surface area contributed by atoms with Crippen LogP contribution < -0.4 is 15.4 Å². The highest BCUT2D eigenvalue weighted by molar-refractivity contribution is 14.0. The van der Waals surface area contributed by atoms with E-state index in [1.165, 1.54) is 10.9 Å². The summed E-state index contributed by atoms with van der Waals surface area (Å²) in [5.41, 5.74) is 0.840. The van der Waals surface area contributed by atoms with Gasteiger partial charge in [0.15, 0.2) is 5.96 Å². The molecule has 0 fully saturated rings. The SMILES string of the molecule is CN=C(NCc1cccc(OC(F)F)c1)NCC(C)Cc1cccs1.I. The number of hydrogen-bond donors (Lipinski definition) is 2. The van der Waals surface area contributed by atoms with Crippen LogP contribution in [0, 0.1) is 5.92 Å². The standard InChI is InChI=1S/C18H23F2N3OS.HI/c1-13(9-16-7-4-8-25-16)11-22-18(21-2)23-12-14-5-3-6-15(10-14)24-17(19)20;/h3-8,10,13,17H,9,11-12H2,1-2H3,(H2,21,22,23);1H. The Morgan fingerprint density at radius 3 is 2.69 bits per heavy atom. The lowest BCUT2D eigenvalue weighted by Gasteiger charge is -2.16. The maximum atomic E-state index is 12.3. The monoisotopic (exact) mass is 495 g/mol. The Bertz CT molecular complexity index is 668. The van der Waals surface area contributed by atoms with Gasteiger partial charge in [0, 0.05) is 25.0 Å². The van der Waals surface area contributed by atoms with Gasteiger partial charge in [-0.25, -0.2) is 0 Å². The van der Waals surface area contributed by atoms with Gasteiger partial charge in [-0.05, 0) is 41.5 Å². The molecule has 1 heterocycles. The van der Waals surface area contributed by atoms with E-state index >= 15 is 0 Å². The Morgan fingerprint density at radius 1 is 1.23 bits per heavy atom. The van der Waals surface area contributed by atoms with Gasteiger partial charge in [-0.2, -0.15) is 8.78 Å². The molecule has 0 saturated heterocycles. The van der Waals surface area contributed by atoms with Crippen LogP contribution in [0.5, 0.6) is 5.75 Å². The Labute approximate surface area is 174 Å². The van der Waals surface area contributed by atoms with Gasteiger partial charge in [0.1, 0.15) is 5.75 Å². The van der Waals surface area contributed by atoms with Crippen molar-refractivity contribution < 1.29 is 13.5 Å². The second-order valence-electron chi connectivity index (χ2n) is 5.72. The van der Waals surface area contributed by atoms with Crippen molar-refractivity contribution in [2.24, 2.45) is 10.9 Å². The number of nitrogens with one attached hydrogen (secondary N) is 2. The number of benzene rings is 1. The molecule has 2 aromatic rings. The van der Waals surface area contributed by atoms with Gasteiger partial charge in [0.25, 0.3) is 0 Å². The first kappa shape index (κ1) is 22.6. The fourth-order valence-electron chi connectivity index (χ4n) is 2.35. The number of aliphatic imine (C=N–C) groups is 1. The van der Waals surface area contributed by atoms with Crippen molar-refractivity contribution in [3.63, 3.8) is 0 Å². The van der Waals surface area contributed by atoms with E-state index in [1.807, 2.05) is 6.07 Å². The smallest absolute Gasteiger partial charge is 0.387 e. The third-order valence-electron chi connectivity index (χ3n) is 3.55. The molecule has 1 aromatic carbocycles. The lowest BCUT2D eigenvalue weighted by Crippen LogP contribution is -2.39. The zero-order valence-corrected chi connectivity index (χ0v) is 17.9. The quantitative estimate of drug-likeness (QED) is 0.322. The predicted molar refractivity (Wildman–Crippen MR) is 114 cm³/mol. The Balaban J connectivity index is 0.00000338. The zero-order valence-electron chi connectivity index (χ0n) is 14.7. The number of halogens is 3. The van der Waals surface area contributed by atoms with E-state index in [0.29, 0.717) is 18.4 Å². The third-order valence-corrected chi connectivity index (χ3v) is 4.45. The minimum Gasteiger partial charge on any atom is -0.435 e. The molecule has 4 nitrogen and oxygen atoms in total. The molecule has 0 amide bonds. The van der Waals surface area contributed by atoms with Crippen LogP contribution in [0.1, 0.15) is 17.4 Å². The highest BCUT2D eigenvalue weighted by atomic mass is 127. The van der Waals surface area contributed by atoms with Crippen molar-refractivity contribution in [2.75, 3.05) is 13.6 Å². The van der Waals surface area contributed by atoms with Crippen molar-refractivity contribution in [1.82, 2.24) is 10.6 Å². The van der Waals surface area contributed by atoms with E-state index in [4.69, 9.17) is 0 Å². The van der Waals surface area contributed by atoms with Gasteiger partial charge in [-0.3, -0.25) is 4.99 Å². The van der Waals surface area contributed by atoms with Gasteiger partial charge in [-0.1, -0.05) is 25.1 Å². The van der Waals surface area contributed by atoms with E-state index in [2.05, 4.69) is 44.8 Å². The van der Waals surface area contributed by atoms with Crippen LogP contribution in [0.2, 0.25) is 0 Å². The van der Waals surface area contributed by atoms with Crippen molar-refractivity contribution >= 4 is 41.3 Å². The Kier molecular flexibility index (Phi) is 10.5. The number of ether oxygens (including phenoxy) is 1. The Morgan fingerprint density at radius 2 is 2.04 bits per heavy atom. The van der Waals surface area contributed by atoms with Gasteiger partial charge in [-0.15, -0.1) is 35.3 Å². The number of thiophene rings is 1. The second kappa shape index (κ2) is 12.1. The minimum absolute atomic E-state index is 0. The summed E-state index contributed by atoms with van der Waals surface area (Å²) in [6.07, 6.45) is 1.02. The van der Waals surface area contributed by atoms with Crippen molar-refractivity contribution in [1.29, 1.82) is 0 Å². The van der Waals surface area contributed by atoms with E-state index in [-0.39, 0.29) is 29.7 Å². The van der Waals surface area contributed by atoms with Crippen LogP contribution in [0.15, 0.2) is 46.8 Å². The van der Waals surface area contributed by atoms with E-state index < -0.39 is 6.61 Å². The maximum Gasteiger partial charge on any atom is 0.387 e. The third kappa shape index (κ3) is 8.31. The van der Waals surface area contributed by atoms with Gasteiger partial charge in [0.2, 0.25) is 0 Å². The zero-order chi connectivity index (χ0) is 18.1. The molecule has 1 aromatic heterocycles. The summed E-state index contributed by atoms with van der Waals surface area (Å²) >= 11 is 1.77. The second-order valence-corrected chi connectivity index (χ2v) is 6.75. The molecule has 1 atom stereocenters. The van der Waals surface area contributed by atoms with Crippen LogP contribution in [-0.2, 0) is 13.0 Å². The minimum atomic E-state index is -2.82. The summed E-state index contributed by atoms with van der Waals surface area (Å²) in [5.74, 6) is 1.31. The highest BCUT2D eigenvalue weighted by Crippen LogP contribution is 2.16. The fraction of sp³-hybridized carbons (Fsp3) is 0.389. The number of hydrogen-bond acceptors (Lipinski definition) is 3. The molecule has 0 radical (unpaired) electrons. The van der Waals surface area contributed by atoms with Crippen molar-refractivity contribution in [2.45, 2.75) is 26.5 Å². The lowest BCUT2D eigenvalue weighted by molar-refractivity contribution is -0.0498. The number of rotatable bonds is 8. The van der Waals surface area contributed by atoms with E-state index in [9.17, 15) is 8.78 Å². The fourth-order valence-corrected chi connectivity index (χ4v) is 3.22. The topological polar surface area (TPSA) is 45.7 Å². The molecule has 0 aliphatic rings. The average molecular weight is 495 g/mol. The van der Waals surface area contributed by atoms with Crippen LogP contribution in [-0.4, -0.2) is 26.2 Å². The first-order chi connectivity index (χ1) is 12.1. The molecular formula is C18H24F2IN3OS. The molecule has 0 spiro atoms. The Hall–Kier alpha value is -1.42. The number of nitrogens with zero attached hydrogens (tertiary/aromatic N) is 1. The van der Waals surface area contributed by atoms with Gasteiger partial charge in [0.05, 0.1) is 0 Å². The highest BCUT2D eigenvalue weighted by Gasteiger charge is 2.07. The summed E-state index contributed by atoms with van der Waals surface area (Å²) in [4.78, 5) is 5.56. The largest absolute Gasteiger partial charge is 0.435 e. The first-order valence-corrected chi connectivity index (χ1v) is 8.95. The first-order valence-electron chi connectivity index (χ1n) is 8.07. The number of alkyl halides is 2. The molecule has 144 valence electrons. The summed E-state index contributed by atoms with van der Waals surface area (Å²) in [6.45, 7) is 0.638. The summed E-state index contributed by atoms with van der Waals surface area (Å²) in [6, 6.07) is 10.8. The van der Waals surface area contributed by atoms with E-state index in [1.54, 1.807) is 30.5 Å². The molecule has 0 saturated carbocycles. The lowest BCUT2D eigenvalue weighted by atomic mass is 10.1. The van der Waals surface area contributed by atoms with Crippen molar-refractivity contribution in [3.05, 3.63) is 52.2 Å². The molecule has 26 heavy (non-hydrogen) atoms. The molecule has 0 aliphatic heterocycles. The molecular weight excluding hydrogens is 471 g/mol. The number of guanidine groups is 1. The molecule has 0 bridgehead atoms. The molecule has 2 rings (SSSR count). The van der Waals surface area contributed by atoms with Crippen LogP contribution in [0.3, 0.4) is 0 Å². The maximum absolute atomic E-state index is 12.3. The van der Waals surface area contributed by atoms with Crippen molar-refractivity contribution in [3.8, 4) is 5.75 Å². The molecule has 2 N–H and O–H groups in total. The summed E-state index contributed by atoms with van der Waals surface area (Å²) in [7, 11) is 1.70. The predicted octanol–water partition coefficient (Wildman–Crippen LogP) is 4.51. The van der Waals surface area contributed by atoms with Gasteiger partial charge >= 0.3 is 6.61 Å². The van der Waals surface area contributed by atoms with E-state index in [0.717, 1.165) is 18.5 Å². The van der Waals surface area contributed by atoms with Crippen LogP contribution in [0.4, 0.5) is 8.78 Å². The van der Waals surface area contributed by atoms with Gasteiger partial charge < -0.3 is 15.4 Å². The summed E-state index contributed by atoms with van der Waals surface area (Å²) in [5, 5.41) is 8.56. The van der Waals surface area contributed by atoms with Crippen LogP contribution in [0.25, 0.3) is 0 Å². The average Bonchev–Trinajstić information content (AvgIpc) is 3.07.